The molecule has 4 nitrogen and oxygen atoms in total. The largest absolute Gasteiger partial charge is 0.392 e. The van der Waals surface area contributed by atoms with E-state index in [1.165, 1.54) is 0 Å². The summed E-state index contributed by atoms with van der Waals surface area (Å²) in [6, 6.07) is 0.373. The highest BCUT2D eigenvalue weighted by atomic mass is 16.3. The van der Waals surface area contributed by atoms with E-state index in [1.807, 2.05) is 0 Å². The first-order chi connectivity index (χ1) is 12.3. The molecule has 6 aliphatic rings. The van der Waals surface area contributed by atoms with Crippen molar-refractivity contribution in [2.75, 3.05) is 13.1 Å². The van der Waals surface area contributed by atoms with E-state index in [4.69, 9.17) is 0 Å². The third kappa shape index (κ3) is 1.37. The molecule has 5 aliphatic carbocycles. The van der Waals surface area contributed by atoms with Crippen molar-refractivity contribution < 1.29 is 15.3 Å². The molecule has 3 N–H and O–H groups in total. The molecule has 0 aromatic rings. The summed E-state index contributed by atoms with van der Waals surface area (Å²) in [6.45, 7) is 11.1. The Morgan fingerprint density at radius 2 is 1.96 bits per heavy atom. The summed E-state index contributed by atoms with van der Waals surface area (Å²) in [5.74, 6) is 1.26. The Morgan fingerprint density at radius 1 is 1.19 bits per heavy atom. The lowest BCUT2D eigenvalue weighted by molar-refractivity contribution is -0.218. The van der Waals surface area contributed by atoms with Gasteiger partial charge >= 0.3 is 0 Å². The van der Waals surface area contributed by atoms with Gasteiger partial charge in [-0.05, 0) is 67.4 Å². The summed E-state index contributed by atoms with van der Waals surface area (Å²) >= 11 is 0. The Hall–Kier alpha value is -0.420. The summed E-state index contributed by atoms with van der Waals surface area (Å²) in [7, 11) is 0. The normalized spacial score (nSPS) is 65.5. The van der Waals surface area contributed by atoms with Gasteiger partial charge < -0.3 is 15.3 Å². The first-order valence-electron chi connectivity index (χ1n) is 10.8. The number of aliphatic hydroxyl groups is 3. The van der Waals surface area contributed by atoms with Crippen LogP contribution >= 0.6 is 0 Å². The van der Waals surface area contributed by atoms with Crippen LogP contribution in [0.1, 0.15) is 46.0 Å². The average molecular weight is 360 g/mol. The molecule has 6 rings (SSSR count). The fourth-order valence-corrected chi connectivity index (χ4v) is 9.97. The van der Waals surface area contributed by atoms with Crippen LogP contribution in [-0.2, 0) is 0 Å². The molecule has 0 aromatic heterocycles. The van der Waals surface area contributed by atoms with Crippen molar-refractivity contribution in [3.8, 4) is 0 Å². The molecule has 0 radical (unpaired) electrons. The molecule has 6 fully saturated rings. The molecule has 5 saturated carbocycles. The highest BCUT2D eigenvalue weighted by Gasteiger charge is 2.85. The summed E-state index contributed by atoms with van der Waals surface area (Å²) in [5, 5.41) is 33.8. The van der Waals surface area contributed by atoms with Crippen molar-refractivity contribution >= 4 is 0 Å². The molecule has 4 heteroatoms. The van der Waals surface area contributed by atoms with Gasteiger partial charge in [0, 0.05) is 29.3 Å². The van der Waals surface area contributed by atoms with Gasteiger partial charge in [0.05, 0.1) is 18.3 Å². The number of hydrogen-bond donors (Lipinski definition) is 3. The molecule has 11 atom stereocenters. The Bertz CT molecular complexity index is 695. The lowest BCUT2D eigenvalue weighted by Gasteiger charge is -2.65. The number of nitrogens with zero attached hydrogens (tertiary/aromatic N) is 1. The minimum Gasteiger partial charge on any atom is -0.392 e. The van der Waals surface area contributed by atoms with E-state index < -0.39 is 12.2 Å². The minimum atomic E-state index is -0.500. The van der Waals surface area contributed by atoms with Gasteiger partial charge in [0.1, 0.15) is 0 Å². The van der Waals surface area contributed by atoms with E-state index in [1.54, 1.807) is 0 Å². The minimum absolute atomic E-state index is 0.0547. The van der Waals surface area contributed by atoms with E-state index in [9.17, 15) is 15.3 Å². The third-order valence-electron chi connectivity index (χ3n) is 10.6. The zero-order chi connectivity index (χ0) is 18.2. The van der Waals surface area contributed by atoms with E-state index in [0.717, 1.165) is 50.8 Å². The molecule has 2 spiro atoms. The third-order valence-corrected chi connectivity index (χ3v) is 10.6. The Labute approximate surface area is 156 Å². The first-order valence-corrected chi connectivity index (χ1v) is 10.8. The van der Waals surface area contributed by atoms with Crippen LogP contribution in [0.15, 0.2) is 12.2 Å². The van der Waals surface area contributed by atoms with Crippen molar-refractivity contribution in [1.29, 1.82) is 0 Å². The average Bonchev–Trinajstić information content (AvgIpc) is 3.14. The van der Waals surface area contributed by atoms with Gasteiger partial charge in [0.15, 0.2) is 0 Å². The number of rotatable bonds is 1. The fourth-order valence-electron chi connectivity index (χ4n) is 9.97. The van der Waals surface area contributed by atoms with Crippen LogP contribution in [0.3, 0.4) is 0 Å². The molecule has 0 amide bonds. The summed E-state index contributed by atoms with van der Waals surface area (Å²) in [4.78, 5) is 2.65. The number of likely N-dealkylation sites (tertiary alicyclic amines) is 1. The first kappa shape index (κ1) is 16.5. The smallest absolute Gasteiger partial charge is 0.0813 e. The van der Waals surface area contributed by atoms with Crippen molar-refractivity contribution in [3.63, 3.8) is 0 Å². The monoisotopic (exact) mass is 359 g/mol. The van der Waals surface area contributed by atoms with Crippen LogP contribution < -0.4 is 0 Å². The highest BCUT2D eigenvalue weighted by Crippen LogP contribution is 2.83. The molecular formula is C22H33NO3. The fraction of sp³-hybridized carbons (Fsp3) is 0.909. The van der Waals surface area contributed by atoms with Crippen LogP contribution in [0, 0.1) is 39.9 Å². The second-order valence-corrected chi connectivity index (χ2v) is 10.9. The standard InChI is InChI=1S/C22H33NO3/c1-4-23-10-20(3)6-5-17(25)22-15(20)7-13(18(22)23)21-9-12(11(2)19(21)26)14(24)8-16(21)22/h12-19,24-26H,2,4-10H2,1,3H3/t12-,13+,14-,15-,16-,17+,18?,19-,20+,21+,22+/m1/s1. The van der Waals surface area contributed by atoms with Crippen LogP contribution in [-0.4, -0.2) is 57.7 Å². The van der Waals surface area contributed by atoms with Gasteiger partial charge in [-0.3, -0.25) is 4.90 Å². The maximum Gasteiger partial charge on any atom is 0.0813 e. The van der Waals surface area contributed by atoms with Crippen LogP contribution in [0.2, 0.25) is 0 Å². The van der Waals surface area contributed by atoms with Gasteiger partial charge in [0.25, 0.3) is 0 Å². The lowest BCUT2D eigenvalue weighted by atomic mass is 9.43. The quantitative estimate of drug-likeness (QED) is 0.625. The molecular weight excluding hydrogens is 326 g/mol. The van der Waals surface area contributed by atoms with E-state index in [0.29, 0.717) is 17.9 Å². The predicted molar refractivity (Wildman–Crippen MR) is 98.2 cm³/mol. The van der Waals surface area contributed by atoms with Crippen molar-refractivity contribution in [2.24, 2.45) is 39.9 Å². The highest BCUT2D eigenvalue weighted by molar-refractivity contribution is 5.39. The zero-order valence-electron chi connectivity index (χ0n) is 16.1. The maximum atomic E-state index is 11.5. The van der Waals surface area contributed by atoms with Gasteiger partial charge in [-0.25, -0.2) is 0 Å². The topological polar surface area (TPSA) is 63.9 Å². The van der Waals surface area contributed by atoms with Crippen LogP contribution in [0.4, 0.5) is 0 Å². The molecule has 1 heterocycles. The second-order valence-electron chi connectivity index (χ2n) is 10.9. The number of hydrogen-bond acceptors (Lipinski definition) is 4. The SMILES string of the molecule is C=C1[C@H]2C[C@@]3([C@@H]1O)[C@@H](C[C@H]2O)[C@@]12C4[C@@H]3C[C@@H]1[C@@](C)(CC[C@@H]2O)CN4CC. The lowest BCUT2D eigenvalue weighted by Crippen LogP contribution is -2.68. The van der Waals surface area contributed by atoms with Crippen LogP contribution in [0.25, 0.3) is 0 Å². The molecule has 1 unspecified atom stereocenters. The summed E-state index contributed by atoms with van der Waals surface area (Å²) < 4.78 is 0. The Balaban J connectivity index is 1.61. The molecule has 144 valence electrons. The van der Waals surface area contributed by atoms with E-state index in [-0.39, 0.29) is 34.2 Å². The van der Waals surface area contributed by atoms with E-state index in [2.05, 4.69) is 25.3 Å². The summed E-state index contributed by atoms with van der Waals surface area (Å²) in [6.07, 6.45) is 3.58. The van der Waals surface area contributed by atoms with Crippen LogP contribution in [0.5, 0.6) is 0 Å². The van der Waals surface area contributed by atoms with Gasteiger partial charge in [-0.2, -0.15) is 0 Å². The molecule has 0 aromatic carbocycles. The molecule has 7 bridgehead atoms. The number of fused-ring (bicyclic) bond motifs is 1. The van der Waals surface area contributed by atoms with Crippen molar-refractivity contribution in [2.45, 2.75) is 70.3 Å². The molecule has 1 saturated heterocycles. The number of aliphatic hydroxyl groups excluding tert-OH is 3. The summed E-state index contributed by atoms with van der Waals surface area (Å²) in [5.41, 5.74) is 0.849. The Kier molecular flexibility index (Phi) is 2.92. The van der Waals surface area contributed by atoms with Crippen molar-refractivity contribution in [1.82, 2.24) is 4.90 Å². The van der Waals surface area contributed by atoms with Gasteiger partial charge in [-0.1, -0.05) is 20.4 Å². The maximum absolute atomic E-state index is 11.5. The predicted octanol–water partition coefficient (Wildman–Crippen LogP) is 1.79. The Morgan fingerprint density at radius 3 is 2.69 bits per heavy atom. The van der Waals surface area contributed by atoms with Gasteiger partial charge in [0.2, 0.25) is 0 Å². The zero-order valence-corrected chi connectivity index (χ0v) is 16.1. The van der Waals surface area contributed by atoms with E-state index >= 15 is 0 Å². The number of piperidine rings is 1. The molecule has 1 aliphatic heterocycles. The molecule has 26 heavy (non-hydrogen) atoms. The second kappa shape index (κ2) is 4.59. The van der Waals surface area contributed by atoms with Crippen molar-refractivity contribution in [3.05, 3.63) is 12.2 Å². The van der Waals surface area contributed by atoms with Gasteiger partial charge in [-0.15, -0.1) is 0 Å².